The summed E-state index contributed by atoms with van der Waals surface area (Å²) in [5, 5.41) is 0.175. The lowest BCUT2D eigenvalue weighted by atomic mass is 10.1. The molecule has 1 aromatic heterocycles. The Kier molecular flexibility index (Phi) is 7.33. The molecule has 2 heterocycles. The monoisotopic (exact) mass is 544 g/mol. The van der Waals surface area contributed by atoms with E-state index < -0.39 is 27.5 Å². The minimum Gasteiger partial charge on any atom is -0.405 e. The number of benzene rings is 2. The van der Waals surface area contributed by atoms with Gasteiger partial charge in [-0.25, -0.2) is 13.4 Å². The van der Waals surface area contributed by atoms with Gasteiger partial charge in [0.1, 0.15) is 5.75 Å². The number of halogens is 4. The number of hydrogen-bond donors (Lipinski definition) is 1. The second-order valence-corrected chi connectivity index (χ2v) is 11.3. The van der Waals surface area contributed by atoms with E-state index in [4.69, 9.17) is 17.3 Å². The van der Waals surface area contributed by atoms with E-state index in [1.54, 1.807) is 0 Å². The van der Waals surface area contributed by atoms with Crippen molar-refractivity contribution in [2.75, 3.05) is 18.8 Å². The first kappa shape index (κ1) is 26.4. The third-order valence-electron chi connectivity index (χ3n) is 6.01. The van der Waals surface area contributed by atoms with Gasteiger partial charge in [0, 0.05) is 36.3 Å². The Morgan fingerprint density at radius 2 is 1.94 bits per heavy atom. The Labute approximate surface area is 210 Å². The zero-order valence-corrected chi connectivity index (χ0v) is 20.8. The zero-order valence-electron chi connectivity index (χ0n) is 19.3. The summed E-state index contributed by atoms with van der Waals surface area (Å²) in [7, 11) is -3.62. The predicted octanol–water partition coefficient (Wildman–Crippen LogP) is 3.32. The first-order chi connectivity index (χ1) is 16.9. The minimum atomic E-state index is -4.96. The summed E-state index contributed by atoms with van der Waals surface area (Å²) in [4.78, 5) is 19.4. The molecule has 13 heteroatoms. The van der Waals surface area contributed by atoms with Crippen molar-refractivity contribution in [1.82, 2.24) is 14.5 Å². The van der Waals surface area contributed by atoms with Crippen LogP contribution in [-0.4, -0.2) is 54.1 Å². The van der Waals surface area contributed by atoms with Crippen molar-refractivity contribution >= 4 is 32.3 Å². The van der Waals surface area contributed by atoms with Crippen LogP contribution in [0.3, 0.4) is 0 Å². The number of hydrogen-bond acceptors (Lipinski definition) is 7. The molecule has 2 N–H and O–H groups in total. The van der Waals surface area contributed by atoms with E-state index in [9.17, 15) is 26.4 Å². The number of likely N-dealkylation sites (tertiary alicyclic amines) is 1. The van der Waals surface area contributed by atoms with Crippen LogP contribution < -0.4 is 16.0 Å². The van der Waals surface area contributed by atoms with Crippen molar-refractivity contribution < 1.29 is 26.3 Å². The van der Waals surface area contributed by atoms with E-state index >= 15 is 0 Å². The fraction of sp³-hybridized carbons (Fsp3) is 0.391. The molecular weight excluding hydrogens is 521 g/mol. The summed E-state index contributed by atoms with van der Waals surface area (Å²) in [5.41, 5.74) is 5.94. The van der Waals surface area contributed by atoms with Gasteiger partial charge in [0.05, 0.1) is 34.4 Å². The zero-order chi connectivity index (χ0) is 26.3. The average Bonchev–Trinajstić information content (AvgIpc) is 3.20. The maximum atomic E-state index is 13.2. The molecule has 1 saturated heterocycles. The summed E-state index contributed by atoms with van der Waals surface area (Å²) in [6, 6.07) is 6.60. The van der Waals surface area contributed by atoms with Gasteiger partial charge in [0.15, 0.2) is 9.84 Å². The molecule has 1 unspecified atom stereocenters. The molecule has 3 aromatic rings. The Morgan fingerprint density at radius 3 is 2.58 bits per heavy atom. The number of fused-ring (bicyclic) bond motifs is 1. The molecule has 194 valence electrons. The first-order valence-electron chi connectivity index (χ1n) is 11.1. The fourth-order valence-electron chi connectivity index (χ4n) is 4.25. The molecule has 0 spiro atoms. The molecule has 4 rings (SSSR count). The molecule has 0 radical (unpaired) electrons. The van der Waals surface area contributed by atoms with Crippen molar-refractivity contribution in [2.45, 2.75) is 43.7 Å². The maximum absolute atomic E-state index is 13.2. The summed E-state index contributed by atoms with van der Waals surface area (Å²) in [5.74, 6) is -0.654. The van der Waals surface area contributed by atoms with E-state index in [0.29, 0.717) is 13.1 Å². The summed E-state index contributed by atoms with van der Waals surface area (Å²) in [6.45, 7) is 2.61. The Balaban J connectivity index is 1.78. The van der Waals surface area contributed by atoms with E-state index in [1.165, 1.54) is 37.5 Å². The number of nitrogens with two attached hydrogens (primary N) is 1. The predicted molar refractivity (Wildman–Crippen MR) is 129 cm³/mol. The van der Waals surface area contributed by atoms with Crippen LogP contribution in [0.1, 0.15) is 24.5 Å². The standard InChI is InChI=1S/C23H24ClF3N4O4S/c1-2-36(33,34)21-4-3-16(24)7-15(21)11-31-13-29-19-8-14(10-30-6-5-17(28)12-30)20(35-23(25,26)27)9-18(19)22(31)32/h3-4,7-9,13,17H,2,5-6,10-12,28H2,1H3. The second kappa shape index (κ2) is 10.0. The van der Waals surface area contributed by atoms with Gasteiger partial charge in [0.2, 0.25) is 0 Å². The van der Waals surface area contributed by atoms with Gasteiger partial charge >= 0.3 is 6.36 Å². The molecule has 8 nitrogen and oxygen atoms in total. The van der Waals surface area contributed by atoms with Crippen molar-refractivity contribution in [3.63, 3.8) is 0 Å². The van der Waals surface area contributed by atoms with Crippen LogP contribution in [0.5, 0.6) is 5.75 Å². The van der Waals surface area contributed by atoms with Gasteiger partial charge in [-0.1, -0.05) is 18.5 Å². The smallest absolute Gasteiger partial charge is 0.405 e. The molecule has 1 aliphatic rings. The number of rotatable bonds is 7. The van der Waals surface area contributed by atoms with Crippen LogP contribution in [0.4, 0.5) is 13.2 Å². The Hall–Kier alpha value is -2.67. The quantitative estimate of drug-likeness (QED) is 0.486. The molecule has 36 heavy (non-hydrogen) atoms. The minimum absolute atomic E-state index is 0.0154. The highest BCUT2D eigenvalue weighted by molar-refractivity contribution is 7.91. The lowest BCUT2D eigenvalue weighted by molar-refractivity contribution is -0.274. The van der Waals surface area contributed by atoms with Crippen molar-refractivity contribution in [3.8, 4) is 5.75 Å². The van der Waals surface area contributed by atoms with E-state index in [2.05, 4.69) is 9.72 Å². The Bertz CT molecular complexity index is 1460. The van der Waals surface area contributed by atoms with Crippen LogP contribution in [0.15, 0.2) is 46.3 Å². The summed E-state index contributed by atoms with van der Waals surface area (Å²) >= 11 is 6.06. The van der Waals surface area contributed by atoms with Gasteiger partial charge in [-0.3, -0.25) is 14.3 Å². The van der Waals surface area contributed by atoms with E-state index in [1.807, 2.05) is 4.90 Å². The molecule has 0 aliphatic carbocycles. The second-order valence-electron chi connectivity index (χ2n) is 8.64. The molecule has 2 aromatic carbocycles. The molecule has 1 atom stereocenters. The average molecular weight is 545 g/mol. The SMILES string of the molecule is CCS(=O)(=O)c1ccc(Cl)cc1Cn1cnc2cc(CN3CCC(N)C3)c(OC(F)(F)F)cc2c1=O. The van der Waals surface area contributed by atoms with E-state index in [0.717, 1.165) is 17.1 Å². The number of nitrogens with zero attached hydrogens (tertiary/aromatic N) is 3. The number of sulfone groups is 1. The normalized spacial score (nSPS) is 17.1. The van der Waals surface area contributed by atoms with Gasteiger partial charge in [-0.05, 0) is 42.3 Å². The third kappa shape index (κ3) is 5.83. The van der Waals surface area contributed by atoms with Crippen LogP contribution in [-0.2, 0) is 22.9 Å². The van der Waals surface area contributed by atoms with Gasteiger partial charge in [-0.15, -0.1) is 13.2 Å². The number of aromatic nitrogens is 2. The topological polar surface area (TPSA) is 108 Å². The molecule has 0 amide bonds. The third-order valence-corrected chi connectivity index (χ3v) is 8.08. The van der Waals surface area contributed by atoms with Crippen LogP contribution in [0.25, 0.3) is 10.9 Å². The molecular formula is C23H24ClF3N4O4S. The number of alkyl halides is 3. The highest BCUT2D eigenvalue weighted by Crippen LogP contribution is 2.31. The van der Waals surface area contributed by atoms with Gasteiger partial charge in [0.25, 0.3) is 5.56 Å². The van der Waals surface area contributed by atoms with Crippen molar-refractivity contribution in [2.24, 2.45) is 5.73 Å². The lowest BCUT2D eigenvalue weighted by Gasteiger charge is -2.19. The van der Waals surface area contributed by atoms with Crippen molar-refractivity contribution in [3.05, 3.63) is 63.2 Å². The molecule has 0 saturated carbocycles. The first-order valence-corrected chi connectivity index (χ1v) is 13.2. The van der Waals surface area contributed by atoms with Crippen LogP contribution >= 0.6 is 11.6 Å². The van der Waals surface area contributed by atoms with E-state index in [-0.39, 0.29) is 56.8 Å². The largest absolute Gasteiger partial charge is 0.573 e. The molecule has 1 aliphatic heterocycles. The van der Waals surface area contributed by atoms with Crippen LogP contribution in [0, 0.1) is 0 Å². The molecule has 0 bridgehead atoms. The summed E-state index contributed by atoms with van der Waals surface area (Å²) in [6.07, 6.45) is -3.01. The highest BCUT2D eigenvalue weighted by Gasteiger charge is 2.33. The van der Waals surface area contributed by atoms with Gasteiger partial charge in [-0.2, -0.15) is 0 Å². The van der Waals surface area contributed by atoms with Crippen molar-refractivity contribution in [1.29, 1.82) is 0 Å². The van der Waals surface area contributed by atoms with Crippen LogP contribution in [0.2, 0.25) is 5.02 Å². The summed E-state index contributed by atoms with van der Waals surface area (Å²) < 4.78 is 69.9. The molecule has 1 fully saturated rings. The fourth-order valence-corrected chi connectivity index (χ4v) is 5.55. The maximum Gasteiger partial charge on any atom is 0.573 e. The highest BCUT2D eigenvalue weighted by atomic mass is 35.5. The van der Waals surface area contributed by atoms with Gasteiger partial charge < -0.3 is 10.5 Å². The number of ether oxygens (including phenoxy) is 1. The Morgan fingerprint density at radius 1 is 1.19 bits per heavy atom. The lowest BCUT2D eigenvalue weighted by Crippen LogP contribution is -2.27.